The minimum atomic E-state index is -0.238. The van der Waals surface area contributed by atoms with Gasteiger partial charge in [-0.1, -0.05) is 35.9 Å². The van der Waals surface area contributed by atoms with Crippen molar-refractivity contribution in [3.8, 4) is 11.5 Å². The van der Waals surface area contributed by atoms with Crippen LogP contribution in [0.25, 0.3) is 0 Å². The van der Waals surface area contributed by atoms with Gasteiger partial charge in [0.25, 0.3) is 11.8 Å². The number of hydrogen-bond acceptors (Lipinski definition) is 4. The molecule has 31 heavy (non-hydrogen) atoms. The van der Waals surface area contributed by atoms with E-state index in [4.69, 9.17) is 9.47 Å². The summed E-state index contributed by atoms with van der Waals surface area (Å²) in [5, 5.41) is 2.85. The SMILES string of the molecule is Cc1cccc(COc2cccc(C(=O)Nc3ccc(OCC(=O)N(C)C)cc3)c2)c1. The van der Waals surface area contributed by atoms with Crippen molar-refractivity contribution in [2.75, 3.05) is 26.0 Å². The first kappa shape index (κ1) is 21.9. The second-order valence-corrected chi connectivity index (χ2v) is 7.36. The molecule has 0 saturated carbocycles. The molecule has 3 aromatic carbocycles. The molecule has 0 aliphatic carbocycles. The number of carbonyl (C=O) groups excluding carboxylic acids is 2. The number of anilines is 1. The van der Waals surface area contributed by atoms with Gasteiger partial charge < -0.3 is 19.7 Å². The fraction of sp³-hybridized carbons (Fsp3) is 0.200. The van der Waals surface area contributed by atoms with Crippen molar-refractivity contribution in [3.63, 3.8) is 0 Å². The number of benzene rings is 3. The molecule has 0 saturated heterocycles. The standard InChI is InChI=1S/C25H26N2O4/c1-18-6-4-7-19(14-18)16-30-23-9-5-8-20(15-23)25(29)26-21-10-12-22(13-11-21)31-17-24(28)27(2)3/h4-15H,16-17H2,1-3H3,(H,26,29). The lowest BCUT2D eigenvalue weighted by Gasteiger charge is -2.12. The van der Waals surface area contributed by atoms with E-state index in [1.165, 1.54) is 10.5 Å². The van der Waals surface area contributed by atoms with Gasteiger partial charge in [-0.05, 0) is 55.0 Å². The van der Waals surface area contributed by atoms with E-state index in [1.807, 2.05) is 31.2 Å². The largest absolute Gasteiger partial charge is 0.489 e. The van der Waals surface area contributed by atoms with Crippen LogP contribution in [-0.4, -0.2) is 37.4 Å². The lowest BCUT2D eigenvalue weighted by atomic mass is 10.1. The maximum atomic E-state index is 12.6. The van der Waals surface area contributed by atoms with Gasteiger partial charge in [-0.25, -0.2) is 0 Å². The molecular formula is C25H26N2O4. The number of aryl methyl sites for hydroxylation is 1. The molecule has 3 rings (SSSR count). The summed E-state index contributed by atoms with van der Waals surface area (Å²) < 4.78 is 11.3. The summed E-state index contributed by atoms with van der Waals surface area (Å²) in [6.07, 6.45) is 0. The Morgan fingerprint density at radius 2 is 1.61 bits per heavy atom. The molecule has 0 bridgehead atoms. The molecule has 6 nitrogen and oxygen atoms in total. The van der Waals surface area contributed by atoms with Gasteiger partial charge in [-0.3, -0.25) is 9.59 Å². The van der Waals surface area contributed by atoms with Crippen LogP contribution in [0.3, 0.4) is 0 Å². The zero-order valence-corrected chi connectivity index (χ0v) is 17.9. The van der Waals surface area contributed by atoms with Crippen molar-refractivity contribution < 1.29 is 19.1 Å². The Hall–Kier alpha value is -3.80. The Kier molecular flexibility index (Phi) is 7.27. The maximum absolute atomic E-state index is 12.6. The number of hydrogen-bond donors (Lipinski definition) is 1. The van der Waals surface area contributed by atoms with Crippen molar-refractivity contribution in [2.45, 2.75) is 13.5 Å². The number of ether oxygens (including phenoxy) is 2. The number of nitrogens with one attached hydrogen (secondary N) is 1. The smallest absolute Gasteiger partial charge is 0.259 e. The predicted octanol–water partition coefficient (Wildman–Crippen LogP) is 4.29. The summed E-state index contributed by atoms with van der Waals surface area (Å²) in [7, 11) is 3.35. The molecule has 0 heterocycles. The van der Waals surface area contributed by atoms with E-state index in [9.17, 15) is 9.59 Å². The predicted molar refractivity (Wildman–Crippen MR) is 121 cm³/mol. The number of rotatable bonds is 8. The lowest BCUT2D eigenvalue weighted by molar-refractivity contribution is -0.130. The van der Waals surface area contributed by atoms with Crippen LogP contribution in [0.5, 0.6) is 11.5 Å². The van der Waals surface area contributed by atoms with E-state index in [2.05, 4.69) is 11.4 Å². The third kappa shape index (κ3) is 6.60. The fourth-order valence-electron chi connectivity index (χ4n) is 2.81. The molecule has 1 N–H and O–H groups in total. The molecule has 0 fully saturated rings. The molecule has 0 spiro atoms. The maximum Gasteiger partial charge on any atom is 0.259 e. The monoisotopic (exact) mass is 418 g/mol. The van der Waals surface area contributed by atoms with E-state index in [1.54, 1.807) is 56.6 Å². The minimum absolute atomic E-state index is 0.0337. The highest BCUT2D eigenvalue weighted by atomic mass is 16.5. The summed E-state index contributed by atoms with van der Waals surface area (Å²) in [5.41, 5.74) is 3.38. The Balaban J connectivity index is 1.56. The normalized spacial score (nSPS) is 10.3. The van der Waals surface area contributed by atoms with E-state index >= 15 is 0 Å². The Labute approximate surface area is 182 Å². The average molecular weight is 418 g/mol. The Bertz CT molecular complexity index is 1050. The fourth-order valence-corrected chi connectivity index (χ4v) is 2.81. The quantitative estimate of drug-likeness (QED) is 0.593. The first-order chi connectivity index (χ1) is 14.9. The van der Waals surface area contributed by atoms with Gasteiger partial charge in [-0.15, -0.1) is 0 Å². The first-order valence-electron chi connectivity index (χ1n) is 9.93. The third-order valence-electron chi connectivity index (χ3n) is 4.56. The first-order valence-corrected chi connectivity index (χ1v) is 9.93. The second kappa shape index (κ2) is 10.3. The van der Waals surface area contributed by atoms with Crippen LogP contribution in [-0.2, 0) is 11.4 Å². The highest BCUT2D eigenvalue weighted by Crippen LogP contribution is 2.19. The lowest BCUT2D eigenvalue weighted by Crippen LogP contribution is -2.27. The van der Waals surface area contributed by atoms with Gasteiger partial charge in [0, 0.05) is 25.3 Å². The summed E-state index contributed by atoms with van der Waals surface area (Å²) in [6, 6.07) is 22.1. The third-order valence-corrected chi connectivity index (χ3v) is 4.56. The zero-order chi connectivity index (χ0) is 22.2. The van der Waals surface area contributed by atoms with Gasteiger partial charge in [0.05, 0.1) is 0 Å². The van der Waals surface area contributed by atoms with Crippen LogP contribution in [0, 0.1) is 6.92 Å². The molecule has 0 radical (unpaired) electrons. The molecule has 0 atom stereocenters. The van der Waals surface area contributed by atoms with Gasteiger partial charge in [0.15, 0.2) is 6.61 Å². The van der Waals surface area contributed by atoms with Crippen LogP contribution >= 0.6 is 0 Å². The summed E-state index contributed by atoms with van der Waals surface area (Å²) in [6.45, 7) is 2.44. The van der Waals surface area contributed by atoms with Gasteiger partial charge in [-0.2, -0.15) is 0 Å². The molecule has 160 valence electrons. The van der Waals surface area contributed by atoms with Crippen molar-refractivity contribution in [3.05, 3.63) is 89.5 Å². The molecular weight excluding hydrogens is 392 g/mol. The van der Waals surface area contributed by atoms with E-state index < -0.39 is 0 Å². The average Bonchev–Trinajstić information content (AvgIpc) is 2.77. The molecule has 0 unspecified atom stereocenters. The molecule has 3 aromatic rings. The Morgan fingerprint density at radius 1 is 0.871 bits per heavy atom. The van der Waals surface area contributed by atoms with E-state index in [0.717, 1.165) is 5.56 Å². The van der Waals surface area contributed by atoms with E-state index in [0.29, 0.717) is 29.4 Å². The van der Waals surface area contributed by atoms with Crippen LogP contribution in [0.4, 0.5) is 5.69 Å². The molecule has 2 amide bonds. The summed E-state index contributed by atoms with van der Waals surface area (Å²) in [4.78, 5) is 25.7. The van der Waals surface area contributed by atoms with Crippen molar-refractivity contribution in [1.29, 1.82) is 0 Å². The summed E-state index contributed by atoms with van der Waals surface area (Å²) >= 11 is 0. The van der Waals surface area contributed by atoms with Crippen molar-refractivity contribution in [1.82, 2.24) is 4.90 Å². The number of amides is 2. The second-order valence-electron chi connectivity index (χ2n) is 7.36. The van der Waals surface area contributed by atoms with Gasteiger partial charge in [0.2, 0.25) is 0 Å². The van der Waals surface area contributed by atoms with Crippen LogP contribution in [0.1, 0.15) is 21.5 Å². The molecule has 0 aliphatic heterocycles. The Morgan fingerprint density at radius 3 is 2.32 bits per heavy atom. The molecule has 6 heteroatoms. The van der Waals surface area contributed by atoms with Crippen LogP contribution < -0.4 is 14.8 Å². The van der Waals surface area contributed by atoms with Crippen LogP contribution in [0.2, 0.25) is 0 Å². The molecule has 0 aliphatic rings. The number of carbonyl (C=O) groups is 2. The minimum Gasteiger partial charge on any atom is -0.489 e. The highest BCUT2D eigenvalue weighted by Gasteiger charge is 2.09. The highest BCUT2D eigenvalue weighted by molar-refractivity contribution is 6.04. The van der Waals surface area contributed by atoms with Gasteiger partial charge in [0.1, 0.15) is 18.1 Å². The van der Waals surface area contributed by atoms with Crippen LogP contribution in [0.15, 0.2) is 72.8 Å². The summed E-state index contributed by atoms with van der Waals surface area (Å²) in [5.74, 6) is 0.822. The van der Waals surface area contributed by atoms with Gasteiger partial charge >= 0.3 is 0 Å². The van der Waals surface area contributed by atoms with Crippen molar-refractivity contribution >= 4 is 17.5 Å². The number of nitrogens with zero attached hydrogens (tertiary/aromatic N) is 1. The topological polar surface area (TPSA) is 67.9 Å². The van der Waals surface area contributed by atoms with E-state index in [-0.39, 0.29) is 18.4 Å². The zero-order valence-electron chi connectivity index (χ0n) is 17.9. The molecule has 0 aromatic heterocycles. The van der Waals surface area contributed by atoms with Crippen molar-refractivity contribution in [2.24, 2.45) is 0 Å². The number of likely N-dealkylation sites (N-methyl/N-ethyl adjacent to an activating group) is 1.